The van der Waals surface area contributed by atoms with Gasteiger partial charge in [0.25, 0.3) is 5.91 Å². The number of nitrogens with zero attached hydrogens (tertiary/aromatic N) is 1. The summed E-state index contributed by atoms with van der Waals surface area (Å²) in [6.07, 6.45) is 0. The minimum absolute atomic E-state index is 0.0198. The molecule has 1 N–H and O–H groups in total. The minimum atomic E-state index is -0.222. The van der Waals surface area contributed by atoms with Gasteiger partial charge >= 0.3 is 0 Å². The van der Waals surface area contributed by atoms with Gasteiger partial charge in [-0.1, -0.05) is 23.8 Å². The van der Waals surface area contributed by atoms with Crippen LogP contribution in [-0.2, 0) is 11.3 Å². The molecule has 22 heavy (non-hydrogen) atoms. The van der Waals surface area contributed by atoms with Gasteiger partial charge in [-0.3, -0.25) is 9.59 Å². The highest BCUT2D eigenvalue weighted by molar-refractivity contribution is 7.09. The second-order valence-corrected chi connectivity index (χ2v) is 6.07. The van der Waals surface area contributed by atoms with Gasteiger partial charge in [-0.15, -0.1) is 11.3 Å². The molecule has 2 amide bonds. The van der Waals surface area contributed by atoms with Gasteiger partial charge in [-0.05, 0) is 37.4 Å². The van der Waals surface area contributed by atoms with E-state index in [1.54, 1.807) is 28.4 Å². The maximum atomic E-state index is 12.2. The van der Waals surface area contributed by atoms with Crippen molar-refractivity contribution in [2.75, 3.05) is 13.1 Å². The summed E-state index contributed by atoms with van der Waals surface area (Å²) in [4.78, 5) is 27.1. The standard InChI is InChI=1S/C17H20N2O2S/c1-3-19(12-15-5-4-10-22-15)16(20)11-18-17(21)14-8-6-13(2)7-9-14/h4-10H,3,11-12H2,1-2H3,(H,18,21). The number of hydrogen-bond donors (Lipinski definition) is 1. The van der Waals surface area contributed by atoms with E-state index in [4.69, 9.17) is 0 Å². The van der Waals surface area contributed by atoms with E-state index in [0.29, 0.717) is 18.7 Å². The molecular formula is C17H20N2O2S. The number of aryl methyl sites for hydroxylation is 1. The largest absolute Gasteiger partial charge is 0.343 e. The van der Waals surface area contributed by atoms with Crippen LogP contribution < -0.4 is 5.32 Å². The summed E-state index contributed by atoms with van der Waals surface area (Å²) in [6, 6.07) is 11.3. The van der Waals surface area contributed by atoms with Crippen molar-refractivity contribution in [2.45, 2.75) is 20.4 Å². The number of hydrogen-bond acceptors (Lipinski definition) is 3. The molecule has 0 radical (unpaired) electrons. The molecule has 1 heterocycles. The first-order valence-electron chi connectivity index (χ1n) is 7.25. The van der Waals surface area contributed by atoms with E-state index < -0.39 is 0 Å². The lowest BCUT2D eigenvalue weighted by atomic mass is 10.1. The van der Waals surface area contributed by atoms with Gasteiger partial charge in [-0.2, -0.15) is 0 Å². The van der Waals surface area contributed by atoms with E-state index in [1.807, 2.05) is 43.5 Å². The Bertz CT molecular complexity index is 621. The normalized spacial score (nSPS) is 10.3. The Morgan fingerprint density at radius 2 is 1.91 bits per heavy atom. The van der Waals surface area contributed by atoms with Gasteiger partial charge in [0.15, 0.2) is 0 Å². The SMILES string of the molecule is CCN(Cc1cccs1)C(=O)CNC(=O)c1ccc(C)cc1. The maximum absolute atomic E-state index is 12.2. The van der Waals surface area contributed by atoms with Crippen LogP contribution in [0.4, 0.5) is 0 Å². The molecule has 0 atom stereocenters. The zero-order valence-corrected chi connectivity index (χ0v) is 13.7. The Morgan fingerprint density at radius 1 is 1.18 bits per heavy atom. The lowest BCUT2D eigenvalue weighted by molar-refractivity contribution is -0.130. The molecule has 116 valence electrons. The molecule has 1 aromatic heterocycles. The van der Waals surface area contributed by atoms with E-state index in [1.165, 1.54) is 0 Å². The van der Waals surface area contributed by atoms with Gasteiger partial charge in [-0.25, -0.2) is 0 Å². The highest BCUT2D eigenvalue weighted by Crippen LogP contribution is 2.11. The number of rotatable bonds is 6. The van der Waals surface area contributed by atoms with Crippen molar-refractivity contribution in [3.63, 3.8) is 0 Å². The van der Waals surface area contributed by atoms with Crippen molar-refractivity contribution in [3.8, 4) is 0 Å². The van der Waals surface area contributed by atoms with E-state index >= 15 is 0 Å². The average Bonchev–Trinajstić information content (AvgIpc) is 3.03. The molecule has 0 bridgehead atoms. The van der Waals surface area contributed by atoms with E-state index in [-0.39, 0.29) is 18.4 Å². The summed E-state index contributed by atoms with van der Waals surface area (Å²) in [6.45, 7) is 5.14. The lowest BCUT2D eigenvalue weighted by Crippen LogP contribution is -2.39. The predicted molar refractivity (Wildman–Crippen MR) is 88.9 cm³/mol. The van der Waals surface area contributed by atoms with Gasteiger partial charge < -0.3 is 10.2 Å². The van der Waals surface area contributed by atoms with E-state index in [0.717, 1.165) is 10.4 Å². The summed E-state index contributed by atoms with van der Waals surface area (Å²) in [7, 11) is 0. The molecule has 2 rings (SSSR count). The van der Waals surface area contributed by atoms with Crippen molar-refractivity contribution in [1.29, 1.82) is 0 Å². The molecule has 4 nitrogen and oxygen atoms in total. The quantitative estimate of drug-likeness (QED) is 0.891. The van der Waals surface area contributed by atoms with Crippen molar-refractivity contribution in [2.24, 2.45) is 0 Å². The molecule has 5 heteroatoms. The molecule has 0 aliphatic heterocycles. The summed E-state index contributed by atoms with van der Waals surface area (Å²) in [5, 5.41) is 4.68. The number of carbonyl (C=O) groups is 2. The topological polar surface area (TPSA) is 49.4 Å². The van der Waals surface area contributed by atoms with Gasteiger partial charge in [0.1, 0.15) is 0 Å². The minimum Gasteiger partial charge on any atom is -0.343 e. The fraction of sp³-hybridized carbons (Fsp3) is 0.294. The Balaban J connectivity index is 1.87. The highest BCUT2D eigenvalue weighted by Gasteiger charge is 2.14. The molecule has 0 unspecified atom stereocenters. The van der Waals surface area contributed by atoms with Gasteiger partial charge in [0.05, 0.1) is 13.1 Å². The molecule has 0 saturated heterocycles. The Morgan fingerprint density at radius 3 is 2.50 bits per heavy atom. The van der Waals surface area contributed by atoms with Crippen molar-refractivity contribution in [3.05, 3.63) is 57.8 Å². The van der Waals surface area contributed by atoms with Crippen LogP contribution in [0, 0.1) is 6.92 Å². The predicted octanol–water partition coefficient (Wildman–Crippen LogP) is 2.84. The highest BCUT2D eigenvalue weighted by atomic mass is 32.1. The average molecular weight is 316 g/mol. The molecule has 0 aliphatic rings. The van der Waals surface area contributed by atoms with Crippen LogP contribution in [0.1, 0.15) is 27.7 Å². The first-order valence-corrected chi connectivity index (χ1v) is 8.13. The number of amides is 2. The van der Waals surface area contributed by atoms with Crippen LogP contribution in [0.15, 0.2) is 41.8 Å². The number of nitrogens with one attached hydrogen (secondary N) is 1. The second-order valence-electron chi connectivity index (χ2n) is 5.04. The van der Waals surface area contributed by atoms with E-state index in [9.17, 15) is 9.59 Å². The van der Waals surface area contributed by atoms with Crippen molar-refractivity contribution >= 4 is 23.2 Å². The summed E-state index contributed by atoms with van der Waals surface area (Å²) >= 11 is 1.63. The number of benzene rings is 1. The zero-order valence-electron chi connectivity index (χ0n) is 12.8. The van der Waals surface area contributed by atoms with Gasteiger partial charge in [0, 0.05) is 17.0 Å². The fourth-order valence-corrected chi connectivity index (χ4v) is 2.76. The Kier molecular flexibility index (Phi) is 5.72. The lowest BCUT2D eigenvalue weighted by Gasteiger charge is -2.20. The van der Waals surface area contributed by atoms with Crippen LogP contribution in [0.5, 0.6) is 0 Å². The second kappa shape index (κ2) is 7.75. The summed E-state index contributed by atoms with van der Waals surface area (Å²) in [5.41, 5.74) is 1.67. The first kappa shape index (κ1) is 16.2. The molecule has 0 aliphatic carbocycles. The monoisotopic (exact) mass is 316 g/mol. The first-order chi connectivity index (χ1) is 10.6. The number of carbonyl (C=O) groups excluding carboxylic acids is 2. The summed E-state index contributed by atoms with van der Waals surface area (Å²) < 4.78 is 0. The maximum Gasteiger partial charge on any atom is 0.251 e. The number of likely N-dealkylation sites (N-methyl/N-ethyl adjacent to an activating group) is 1. The van der Waals surface area contributed by atoms with Crippen LogP contribution in [0.25, 0.3) is 0 Å². The molecule has 0 fully saturated rings. The molecule has 2 aromatic rings. The third kappa shape index (κ3) is 4.43. The Hall–Kier alpha value is -2.14. The van der Waals surface area contributed by atoms with E-state index in [2.05, 4.69) is 5.32 Å². The van der Waals surface area contributed by atoms with Crippen LogP contribution in [0.2, 0.25) is 0 Å². The Labute approximate surface area is 134 Å². The third-order valence-electron chi connectivity index (χ3n) is 3.38. The fourth-order valence-electron chi connectivity index (χ4n) is 2.04. The van der Waals surface area contributed by atoms with Crippen molar-refractivity contribution in [1.82, 2.24) is 10.2 Å². The zero-order chi connectivity index (χ0) is 15.9. The number of thiophene rings is 1. The van der Waals surface area contributed by atoms with Crippen LogP contribution >= 0.6 is 11.3 Å². The molecule has 1 aromatic carbocycles. The molecule has 0 saturated carbocycles. The smallest absolute Gasteiger partial charge is 0.251 e. The molecule has 0 spiro atoms. The van der Waals surface area contributed by atoms with Crippen LogP contribution in [0.3, 0.4) is 0 Å². The molecular weight excluding hydrogens is 296 g/mol. The summed E-state index contributed by atoms with van der Waals surface area (Å²) in [5.74, 6) is -0.295. The van der Waals surface area contributed by atoms with Crippen molar-refractivity contribution < 1.29 is 9.59 Å². The van der Waals surface area contributed by atoms with Crippen LogP contribution in [-0.4, -0.2) is 29.8 Å². The van der Waals surface area contributed by atoms with Gasteiger partial charge in [0.2, 0.25) is 5.91 Å². The third-order valence-corrected chi connectivity index (χ3v) is 4.24.